The molecule has 0 spiro atoms. The fourth-order valence-electron chi connectivity index (χ4n) is 5.45. The molecule has 3 fully saturated rings. The van der Waals surface area contributed by atoms with Crippen molar-refractivity contribution in [1.29, 1.82) is 0 Å². The van der Waals surface area contributed by atoms with Crippen LogP contribution in [0.3, 0.4) is 0 Å². The van der Waals surface area contributed by atoms with E-state index in [9.17, 15) is 0 Å². The van der Waals surface area contributed by atoms with Crippen LogP contribution in [-0.2, 0) is 0 Å². The molecule has 0 nitrogen and oxygen atoms in total. The van der Waals surface area contributed by atoms with Gasteiger partial charge in [-0.25, -0.2) is 0 Å². The molecule has 0 heteroatoms. The normalized spacial score (nSPS) is 32.8. The van der Waals surface area contributed by atoms with Gasteiger partial charge >= 0.3 is 0 Å². The topological polar surface area (TPSA) is 0 Å². The van der Waals surface area contributed by atoms with Gasteiger partial charge in [-0.3, -0.25) is 0 Å². The summed E-state index contributed by atoms with van der Waals surface area (Å²) in [6.07, 6.45) is 20.2. The predicted molar refractivity (Wildman–Crippen MR) is 117 cm³/mol. The molecule has 152 valence electrons. The summed E-state index contributed by atoms with van der Waals surface area (Å²) in [7, 11) is 0. The van der Waals surface area contributed by atoms with Gasteiger partial charge < -0.3 is 0 Å². The van der Waals surface area contributed by atoms with Gasteiger partial charge in [-0.15, -0.1) is 0 Å². The van der Waals surface area contributed by atoms with Crippen LogP contribution < -0.4 is 0 Å². The van der Waals surface area contributed by atoms with Crippen molar-refractivity contribution in [3.63, 3.8) is 0 Å². The van der Waals surface area contributed by atoms with E-state index >= 15 is 0 Å². The average molecular weight is 353 g/mol. The van der Waals surface area contributed by atoms with Crippen LogP contribution in [0.2, 0.25) is 0 Å². The quantitative estimate of drug-likeness (QED) is 0.464. The van der Waals surface area contributed by atoms with Crippen molar-refractivity contribution < 1.29 is 0 Å². The molecule has 0 radical (unpaired) electrons. The molecule has 0 aliphatic heterocycles. The standard InChI is InChI=1S/C19H34.3C2H6/c1-15-7-9-17(10-8-15)19-13-11-18(12-14-19)16-5-3-2-4-6-16;3*1-2/h15-19H,2-14H2,1H3;3*1-2H3. The Balaban J connectivity index is 0.000000871. The molecule has 0 bridgehead atoms. The second-order valence-electron chi connectivity index (χ2n) is 8.09. The minimum atomic E-state index is 1.02. The van der Waals surface area contributed by atoms with E-state index in [1.807, 2.05) is 41.5 Å². The molecule has 3 aliphatic carbocycles. The Morgan fingerprint density at radius 3 is 1.00 bits per heavy atom. The highest BCUT2D eigenvalue weighted by Gasteiger charge is 2.32. The molecule has 3 rings (SSSR count). The summed E-state index contributed by atoms with van der Waals surface area (Å²) >= 11 is 0. The lowest BCUT2D eigenvalue weighted by Gasteiger charge is -2.40. The lowest BCUT2D eigenvalue weighted by molar-refractivity contribution is 0.115. The van der Waals surface area contributed by atoms with Gasteiger partial charge in [0, 0.05) is 0 Å². The molecule has 0 aromatic heterocycles. The van der Waals surface area contributed by atoms with Gasteiger partial charge in [-0.1, -0.05) is 93.4 Å². The van der Waals surface area contributed by atoms with E-state index < -0.39 is 0 Å². The zero-order valence-corrected chi connectivity index (χ0v) is 19.1. The van der Waals surface area contributed by atoms with Crippen LogP contribution in [0.1, 0.15) is 132 Å². The minimum absolute atomic E-state index is 1.02. The molecule has 0 unspecified atom stereocenters. The maximum Gasteiger partial charge on any atom is -0.0386 e. The van der Waals surface area contributed by atoms with Gasteiger partial charge in [0.05, 0.1) is 0 Å². The number of hydrogen-bond acceptors (Lipinski definition) is 0. The summed E-state index contributed by atoms with van der Waals surface area (Å²) in [6, 6.07) is 0. The molecule has 3 aliphatic rings. The third-order valence-corrected chi connectivity index (χ3v) is 6.86. The summed E-state index contributed by atoms with van der Waals surface area (Å²) in [5, 5.41) is 0. The fraction of sp³-hybridized carbons (Fsp3) is 1.00. The molecular formula is C25H52. The van der Waals surface area contributed by atoms with Crippen LogP contribution >= 0.6 is 0 Å². The van der Waals surface area contributed by atoms with E-state index in [1.165, 1.54) is 32.1 Å². The lowest BCUT2D eigenvalue weighted by Crippen LogP contribution is -2.28. The van der Waals surface area contributed by atoms with E-state index in [0.717, 1.165) is 29.6 Å². The maximum atomic E-state index is 2.45. The average Bonchev–Trinajstić information content (AvgIpc) is 2.74. The predicted octanol–water partition coefficient (Wildman–Crippen LogP) is 9.28. The number of rotatable bonds is 2. The van der Waals surface area contributed by atoms with Gasteiger partial charge in [-0.05, 0) is 68.1 Å². The largest absolute Gasteiger partial charge is 0.0683 e. The molecule has 0 amide bonds. The molecule has 0 aromatic carbocycles. The van der Waals surface area contributed by atoms with E-state index in [0.29, 0.717) is 0 Å². The third kappa shape index (κ3) is 8.96. The first kappa shape index (κ1) is 25.0. The van der Waals surface area contributed by atoms with Crippen molar-refractivity contribution in [2.24, 2.45) is 29.6 Å². The Kier molecular flexibility index (Phi) is 16.2. The molecule has 0 heterocycles. The molecule has 3 saturated carbocycles. The van der Waals surface area contributed by atoms with Crippen molar-refractivity contribution in [3.8, 4) is 0 Å². The van der Waals surface area contributed by atoms with Crippen molar-refractivity contribution >= 4 is 0 Å². The molecule has 25 heavy (non-hydrogen) atoms. The Bertz CT molecular complexity index is 247. The summed E-state index contributed by atoms with van der Waals surface area (Å²) in [5.74, 6) is 5.51. The first-order chi connectivity index (χ1) is 12.3. The smallest absolute Gasteiger partial charge is 0.0386 e. The van der Waals surface area contributed by atoms with Crippen molar-refractivity contribution in [3.05, 3.63) is 0 Å². The zero-order chi connectivity index (χ0) is 19.1. The summed E-state index contributed by atoms with van der Waals surface area (Å²) in [6.45, 7) is 14.5. The van der Waals surface area contributed by atoms with Crippen LogP contribution in [0.4, 0.5) is 0 Å². The van der Waals surface area contributed by atoms with Crippen LogP contribution in [0.5, 0.6) is 0 Å². The summed E-state index contributed by atoms with van der Waals surface area (Å²) in [5.41, 5.74) is 0. The highest BCUT2D eigenvalue weighted by molar-refractivity contribution is 4.84. The van der Waals surface area contributed by atoms with Crippen LogP contribution in [0.15, 0.2) is 0 Å². The van der Waals surface area contributed by atoms with E-state index in [-0.39, 0.29) is 0 Å². The second kappa shape index (κ2) is 16.2. The fourth-order valence-corrected chi connectivity index (χ4v) is 5.45. The highest BCUT2D eigenvalue weighted by atomic mass is 14.4. The monoisotopic (exact) mass is 352 g/mol. The van der Waals surface area contributed by atoms with Crippen molar-refractivity contribution in [2.75, 3.05) is 0 Å². The van der Waals surface area contributed by atoms with Gasteiger partial charge in [0.1, 0.15) is 0 Å². The molecular weight excluding hydrogens is 300 g/mol. The first-order valence-corrected chi connectivity index (χ1v) is 12.3. The Morgan fingerprint density at radius 2 is 0.640 bits per heavy atom. The maximum absolute atomic E-state index is 2.45. The zero-order valence-electron chi connectivity index (χ0n) is 19.1. The third-order valence-electron chi connectivity index (χ3n) is 6.86. The molecule has 0 saturated heterocycles. The second-order valence-corrected chi connectivity index (χ2v) is 8.09. The Hall–Kier alpha value is 0. The van der Waals surface area contributed by atoms with E-state index in [1.54, 1.807) is 51.4 Å². The van der Waals surface area contributed by atoms with Crippen molar-refractivity contribution in [2.45, 2.75) is 132 Å². The Labute approximate surface area is 161 Å². The summed E-state index contributed by atoms with van der Waals surface area (Å²) in [4.78, 5) is 0. The van der Waals surface area contributed by atoms with Crippen LogP contribution in [-0.4, -0.2) is 0 Å². The molecule has 0 atom stereocenters. The van der Waals surface area contributed by atoms with Gasteiger partial charge in [-0.2, -0.15) is 0 Å². The highest BCUT2D eigenvalue weighted by Crippen LogP contribution is 2.45. The molecule has 0 aromatic rings. The summed E-state index contributed by atoms with van der Waals surface area (Å²) < 4.78 is 0. The van der Waals surface area contributed by atoms with Gasteiger partial charge in [0.25, 0.3) is 0 Å². The molecule has 0 N–H and O–H groups in total. The van der Waals surface area contributed by atoms with Crippen LogP contribution in [0.25, 0.3) is 0 Å². The Morgan fingerprint density at radius 1 is 0.360 bits per heavy atom. The van der Waals surface area contributed by atoms with Crippen LogP contribution in [0, 0.1) is 29.6 Å². The van der Waals surface area contributed by atoms with Gasteiger partial charge in [0.15, 0.2) is 0 Å². The SMILES string of the molecule is CC.CC.CC.CC1CCC(C2CCC(C3CCCCC3)CC2)CC1. The minimum Gasteiger partial charge on any atom is -0.0683 e. The van der Waals surface area contributed by atoms with Gasteiger partial charge in [0.2, 0.25) is 0 Å². The van der Waals surface area contributed by atoms with E-state index in [2.05, 4.69) is 6.92 Å². The lowest BCUT2D eigenvalue weighted by atomic mass is 9.66. The van der Waals surface area contributed by atoms with Crippen molar-refractivity contribution in [1.82, 2.24) is 0 Å². The number of hydrogen-bond donors (Lipinski definition) is 0. The first-order valence-electron chi connectivity index (χ1n) is 12.3. The van der Waals surface area contributed by atoms with E-state index in [4.69, 9.17) is 0 Å².